The first-order valence-corrected chi connectivity index (χ1v) is 1.94. The van der Waals surface area contributed by atoms with Gasteiger partial charge in [-0.2, -0.15) is 0 Å². The normalized spacial score (nSPS) is 12.4. The van der Waals surface area contributed by atoms with Crippen LogP contribution in [0, 0.1) is 0 Å². The van der Waals surface area contributed by atoms with Crippen LogP contribution < -0.4 is 29.6 Å². The number of aliphatic hydroxyl groups excluding tert-OH is 1. The maximum atomic E-state index is 8.43. The van der Waals surface area contributed by atoms with Crippen molar-refractivity contribution >= 4 is 0 Å². The molecule has 0 aliphatic carbocycles. The first-order chi connectivity index (χ1) is 2.77. The van der Waals surface area contributed by atoms with Gasteiger partial charge in [0, 0.05) is 7.11 Å². The van der Waals surface area contributed by atoms with E-state index in [1.807, 2.05) is 0 Å². The summed E-state index contributed by atoms with van der Waals surface area (Å²) in [6.07, 6.45) is -0.324. The third-order valence-electron chi connectivity index (χ3n) is 0.408. The predicted molar refractivity (Wildman–Crippen MR) is 24.7 cm³/mol. The van der Waals surface area contributed by atoms with Gasteiger partial charge in [0.2, 0.25) is 0 Å². The van der Waals surface area contributed by atoms with Crippen LogP contribution in [0.15, 0.2) is 0 Å². The van der Waals surface area contributed by atoms with E-state index in [-0.39, 0.29) is 37.1 Å². The van der Waals surface area contributed by atoms with Gasteiger partial charge >= 0.3 is 29.6 Å². The molecule has 0 aromatic rings. The first-order valence-electron chi connectivity index (χ1n) is 1.94. The van der Waals surface area contributed by atoms with Gasteiger partial charge in [-0.05, 0) is 6.92 Å². The first kappa shape index (κ1) is 10.8. The summed E-state index contributed by atoms with van der Waals surface area (Å²) in [4.78, 5) is 0. The maximum absolute atomic E-state index is 8.43. The van der Waals surface area contributed by atoms with Gasteiger partial charge in [-0.25, -0.2) is 0 Å². The Morgan fingerprint density at radius 3 is 2.29 bits per heavy atom. The van der Waals surface area contributed by atoms with Crippen LogP contribution in [0.4, 0.5) is 0 Å². The standard InChI is InChI=1S/C4H10O2.Na.H/c1-4(5)3-6-2;;/h4-5H,3H2,1-2H3;;/q;+1;-1. The molecule has 0 radical (unpaired) electrons. The molecule has 0 saturated heterocycles. The van der Waals surface area contributed by atoms with E-state index >= 15 is 0 Å². The minimum atomic E-state index is -0.324. The van der Waals surface area contributed by atoms with Crippen molar-refractivity contribution in [2.75, 3.05) is 13.7 Å². The Kier molecular flexibility index (Phi) is 10.7. The van der Waals surface area contributed by atoms with Gasteiger partial charge in [-0.3, -0.25) is 0 Å². The quantitative estimate of drug-likeness (QED) is 0.391. The van der Waals surface area contributed by atoms with Crippen molar-refractivity contribution in [3.8, 4) is 0 Å². The van der Waals surface area contributed by atoms with Crippen LogP contribution in [-0.4, -0.2) is 24.9 Å². The molecule has 1 N–H and O–H groups in total. The number of hydrogen-bond donors (Lipinski definition) is 1. The average molecular weight is 114 g/mol. The van der Waals surface area contributed by atoms with Gasteiger partial charge in [0.15, 0.2) is 0 Å². The Morgan fingerprint density at radius 2 is 2.29 bits per heavy atom. The molecule has 0 fully saturated rings. The summed E-state index contributed by atoms with van der Waals surface area (Å²) < 4.78 is 4.55. The van der Waals surface area contributed by atoms with E-state index < -0.39 is 0 Å². The third-order valence-corrected chi connectivity index (χ3v) is 0.408. The summed E-state index contributed by atoms with van der Waals surface area (Å²) in [6, 6.07) is 0. The van der Waals surface area contributed by atoms with E-state index in [1.165, 1.54) is 0 Å². The second kappa shape index (κ2) is 6.92. The summed E-state index contributed by atoms with van der Waals surface area (Å²) in [6.45, 7) is 2.11. The summed E-state index contributed by atoms with van der Waals surface area (Å²) in [5.74, 6) is 0. The zero-order valence-electron chi connectivity index (χ0n) is 6.14. The van der Waals surface area contributed by atoms with Crippen molar-refractivity contribution in [3.05, 3.63) is 0 Å². The van der Waals surface area contributed by atoms with Crippen LogP contribution in [-0.2, 0) is 4.74 Å². The molecule has 0 aliphatic rings. The average Bonchev–Trinajstić information content (AvgIpc) is 1.35. The Labute approximate surface area is 67.6 Å². The molecular weight excluding hydrogens is 103 g/mol. The van der Waals surface area contributed by atoms with E-state index in [2.05, 4.69) is 4.74 Å². The van der Waals surface area contributed by atoms with Crippen molar-refractivity contribution in [1.29, 1.82) is 0 Å². The van der Waals surface area contributed by atoms with Gasteiger partial charge in [0.05, 0.1) is 12.7 Å². The molecule has 1 atom stereocenters. The molecule has 0 saturated carbocycles. The topological polar surface area (TPSA) is 29.5 Å². The molecule has 1 unspecified atom stereocenters. The van der Waals surface area contributed by atoms with Crippen molar-refractivity contribution in [2.24, 2.45) is 0 Å². The zero-order valence-corrected chi connectivity index (χ0v) is 7.14. The largest absolute Gasteiger partial charge is 1.00 e. The third kappa shape index (κ3) is 10.9. The SMILES string of the molecule is COCC(C)O.[H-].[Na+]. The fourth-order valence-corrected chi connectivity index (χ4v) is 0.241. The van der Waals surface area contributed by atoms with Gasteiger partial charge in [-0.1, -0.05) is 0 Å². The number of ether oxygens (including phenoxy) is 1. The molecular formula is C4H11NaO2. The summed E-state index contributed by atoms with van der Waals surface area (Å²) in [5, 5.41) is 8.43. The molecule has 0 bridgehead atoms. The molecule has 0 aromatic carbocycles. The van der Waals surface area contributed by atoms with Crippen LogP contribution in [0.1, 0.15) is 8.35 Å². The summed E-state index contributed by atoms with van der Waals surface area (Å²) in [5.41, 5.74) is 0. The molecule has 0 heterocycles. The number of methoxy groups -OCH3 is 1. The van der Waals surface area contributed by atoms with Crippen molar-refractivity contribution in [3.63, 3.8) is 0 Å². The zero-order chi connectivity index (χ0) is 4.99. The molecule has 40 valence electrons. The van der Waals surface area contributed by atoms with Gasteiger partial charge in [0.25, 0.3) is 0 Å². The van der Waals surface area contributed by atoms with Gasteiger partial charge in [0.1, 0.15) is 0 Å². The molecule has 7 heavy (non-hydrogen) atoms. The minimum absolute atomic E-state index is 0. The second-order valence-electron chi connectivity index (χ2n) is 1.30. The number of hydrogen-bond acceptors (Lipinski definition) is 2. The van der Waals surface area contributed by atoms with Crippen LogP contribution in [0.3, 0.4) is 0 Å². The van der Waals surface area contributed by atoms with Crippen LogP contribution in [0.2, 0.25) is 0 Å². The van der Waals surface area contributed by atoms with Crippen LogP contribution >= 0.6 is 0 Å². The Bertz CT molecular complexity index is 35.2. The minimum Gasteiger partial charge on any atom is -1.00 e. The Balaban J connectivity index is -0.000000125. The van der Waals surface area contributed by atoms with E-state index in [0.29, 0.717) is 6.61 Å². The number of rotatable bonds is 2. The molecule has 0 spiro atoms. The van der Waals surface area contributed by atoms with Crippen LogP contribution in [0.5, 0.6) is 0 Å². The Morgan fingerprint density at radius 1 is 1.86 bits per heavy atom. The van der Waals surface area contributed by atoms with E-state index in [9.17, 15) is 0 Å². The number of aliphatic hydroxyl groups is 1. The monoisotopic (exact) mass is 114 g/mol. The molecule has 3 heteroatoms. The molecule has 0 rings (SSSR count). The molecule has 0 amide bonds. The fourth-order valence-electron chi connectivity index (χ4n) is 0.241. The van der Waals surface area contributed by atoms with Crippen molar-refractivity contribution in [2.45, 2.75) is 13.0 Å². The van der Waals surface area contributed by atoms with Crippen molar-refractivity contribution in [1.82, 2.24) is 0 Å². The smallest absolute Gasteiger partial charge is 1.00 e. The maximum Gasteiger partial charge on any atom is 1.00 e. The molecule has 0 aromatic heterocycles. The van der Waals surface area contributed by atoms with Gasteiger partial charge in [-0.15, -0.1) is 0 Å². The van der Waals surface area contributed by atoms with E-state index in [4.69, 9.17) is 5.11 Å². The molecule has 0 aliphatic heterocycles. The van der Waals surface area contributed by atoms with E-state index in [0.717, 1.165) is 0 Å². The summed E-state index contributed by atoms with van der Waals surface area (Å²) >= 11 is 0. The van der Waals surface area contributed by atoms with Crippen LogP contribution in [0.25, 0.3) is 0 Å². The van der Waals surface area contributed by atoms with E-state index in [1.54, 1.807) is 14.0 Å². The molecule has 2 nitrogen and oxygen atoms in total. The fraction of sp³-hybridized carbons (Fsp3) is 1.00. The van der Waals surface area contributed by atoms with Crippen molar-refractivity contribution < 1.29 is 40.8 Å². The second-order valence-corrected chi connectivity index (χ2v) is 1.30. The Hall–Kier alpha value is 0.920. The van der Waals surface area contributed by atoms with Gasteiger partial charge < -0.3 is 11.3 Å². The predicted octanol–water partition coefficient (Wildman–Crippen LogP) is -2.87. The summed E-state index contributed by atoms with van der Waals surface area (Å²) in [7, 11) is 1.56.